The highest BCUT2D eigenvalue weighted by Gasteiger charge is 2.29. The van der Waals surface area contributed by atoms with Crippen molar-refractivity contribution < 1.29 is 4.79 Å². The number of hydrogen-bond acceptors (Lipinski definition) is 3. The molecule has 1 unspecified atom stereocenters. The molecule has 1 aromatic carbocycles. The molecule has 0 aromatic heterocycles. The third-order valence-corrected chi connectivity index (χ3v) is 3.84. The van der Waals surface area contributed by atoms with Crippen molar-refractivity contribution in [3.8, 4) is 0 Å². The summed E-state index contributed by atoms with van der Waals surface area (Å²) in [5, 5.41) is 3.29. The van der Waals surface area contributed by atoms with Crippen molar-refractivity contribution in [2.45, 2.75) is 19.9 Å². The van der Waals surface area contributed by atoms with E-state index in [1.807, 2.05) is 20.2 Å². The summed E-state index contributed by atoms with van der Waals surface area (Å²) in [5.41, 5.74) is 3.36. The van der Waals surface area contributed by atoms with Gasteiger partial charge in [0.2, 0.25) is 5.91 Å². The van der Waals surface area contributed by atoms with E-state index in [-0.39, 0.29) is 11.9 Å². The van der Waals surface area contributed by atoms with E-state index in [1.54, 1.807) is 4.90 Å². The van der Waals surface area contributed by atoms with Crippen LogP contribution in [-0.2, 0) is 4.79 Å². The zero-order valence-corrected chi connectivity index (χ0v) is 12.2. The van der Waals surface area contributed by atoms with Crippen LogP contribution in [0.4, 0.5) is 5.69 Å². The number of nitrogens with zero attached hydrogens (tertiary/aromatic N) is 2. The molecule has 1 aliphatic rings. The molecule has 2 rings (SSSR count). The quantitative estimate of drug-likeness (QED) is 0.868. The number of carbonyl (C=O) groups is 1. The Labute approximate surface area is 115 Å². The SMILES string of the molecule is Cc1ccc(N(C)C(=O)C2CNCCN2C)c(C)c1. The second-order valence-corrected chi connectivity index (χ2v) is 5.39. The van der Waals surface area contributed by atoms with E-state index in [0.29, 0.717) is 0 Å². The molecule has 0 saturated carbocycles. The Hall–Kier alpha value is -1.39. The summed E-state index contributed by atoms with van der Waals surface area (Å²) in [5.74, 6) is 0.154. The molecule has 1 atom stereocenters. The molecule has 1 fully saturated rings. The molecule has 0 spiro atoms. The molecule has 4 heteroatoms. The number of anilines is 1. The first-order valence-electron chi connectivity index (χ1n) is 6.76. The molecule has 19 heavy (non-hydrogen) atoms. The number of benzene rings is 1. The van der Waals surface area contributed by atoms with Crippen LogP contribution in [-0.4, -0.2) is 50.6 Å². The highest BCUT2D eigenvalue weighted by molar-refractivity contribution is 5.97. The fraction of sp³-hybridized carbons (Fsp3) is 0.533. The lowest BCUT2D eigenvalue weighted by Crippen LogP contribution is -2.56. The number of hydrogen-bond donors (Lipinski definition) is 1. The molecule has 4 nitrogen and oxygen atoms in total. The minimum atomic E-state index is -0.0700. The molecular weight excluding hydrogens is 238 g/mol. The predicted octanol–water partition coefficient (Wildman–Crippen LogP) is 1.17. The van der Waals surface area contributed by atoms with Gasteiger partial charge in [-0.1, -0.05) is 17.7 Å². The summed E-state index contributed by atoms with van der Waals surface area (Å²) >= 11 is 0. The Morgan fingerprint density at radius 2 is 2.16 bits per heavy atom. The molecule has 0 aliphatic carbocycles. The van der Waals surface area contributed by atoms with Gasteiger partial charge in [0, 0.05) is 32.4 Å². The number of likely N-dealkylation sites (N-methyl/N-ethyl adjacent to an activating group) is 2. The molecule has 0 radical (unpaired) electrons. The third-order valence-electron chi connectivity index (χ3n) is 3.84. The molecular formula is C15H23N3O. The highest BCUT2D eigenvalue weighted by Crippen LogP contribution is 2.21. The molecule has 1 N–H and O–H groups in total. The van der Waals surface area contributed by atoms with Crippen LogP contribution in [0.3, 0.4) is 0 Å². The Morgan fingerprint density at radius 1 is 1.42 bits per heavy atom. The predicted molar refractivity (Wildman–Crippen MR) is 78.6 cm³/mol. The zero-order valence-electron chi connectivity index (χ0n) is 12.2. The summed E-state index contributed by atoms with van der Waals surface area (Å²) < 4.78 is 0. The van der Waals surface area contributed by atoms with E-state index in [9.17, 15) is 4.79 Å². The lowest BCUT2D eigenvalue weighted by molar-refractivity contribution is -0.123. The molecule has 1 saturated heterocycles. The third kappa shape index (κ3) is 2.96. The molecule has 0 bridgehead atoms. The minimum Gasteiger partial charge on any atom is -0.314 e. The second-order valence-electron chi connectivity index (χ2n) is 5.39. The monoisotopic (exact) mass is 261 g/mol. The van der Waals surface area contributed by atoms with Crippen molar-refractivity contribution in [1.29, 1.82) is 0 Å². The maximum atomic E-state index is 12.6. The molecule has 1 heterocycles. The first kappa shape index (κ1) is 14.0. The van der Waals surface area contributed by atoms with Gasteiger partial charge in [0.1, 0.15) is 6.04 Å². The van der Waals surface area contributed by atoms with Crippen LogP contribution in [0.15, 0.2) is 18.2 Å². The largest absolute Gasteiger partial charge is 0.314 e. The number of carbonyl (C=O) groups excluding carboxylic acids is 1. The van der Waals surface area contributed by atoms with E-state index >= 15 is 0 Å². The maximum absolute atomic E-state index is 12.6. The number of nitrogens with one attached hydrogen (secondary N) is 1. The van der Waals surface area contributed by atoms with Crippen LogP contribution in [0, 0.1) is 13.8 Å². The summed E-state index contributed by atoms with van der Waals surface area (Å²) in [7, 11) is 3.88. The lowest BCUT2D eigenvalue weighted by atomic mass is 10.1. The maximum Gasteiger partial charge on any atom is 0.245 e. The Balaban J connectivity index is 2.18. The topological polar surface area (TPSA) is 35.6 Å². The van der Waals surface area contributed by atoms with E-state index < -0.39 is 0 Å². The van der Waals surface area contributed by atoms with Crippen molar-refractivity contribution in [3.05, 3.63) is 29.3 Å². The van der Waals surface area contributed by atoms with Crippen LogP contribution >= 0.6 is 0 Å². The standard InChI is InChI=1S/C15H23N3O/c1-11-5-6-13(12(2)9-11)18(4)15(19)14-10-16-7-8-17(14)3/h5-6,9,14,16H,7-8,10H2,1-4H3. The van der Waals surface area contributed by atoms with Crippen LogP contribution in [0.1, 0.15) is 11.1 Å². The van der Waals surface area contributed by atoms with Crippen molar-refractivity contribution >= 4 is 11.6 Å². The molecule has 1 aliphatic heterocycles. The summed E-state index contributed by atoms with van der Waals surface area (Å²) in [6.07, 6.45) is 0. The van der Waals surface area contributed by atoms with Gasteiger partial charge in [0.05, 0.1) is 0 Å². The summed E-state index contributed by atoms with van der Waals surface area (Å²) in [6, 6.07) is 6.12. The fourth-order valence-electron chi connectivity index (χ4n) is 2.61. The smallest absolute Gasteiger partial charge is 0.245 e. The van der Waals surface area contributed by atoms with Crippen molar-refractivity contribution in [2.24, 2.45) is 0 Å². The van der Waals surface area contributed by atoms with Gasteiger partial charge in [-0.15, -0.1) is 0 Å². The Kier molecular flexibility index (Phi) is 4.22. The molecule has 1 amide bonds. The molecule has 1 aromatic rings. The van der Waals surface area contributed by atoms with Crippen LogP contribution in [0.25, 0.3) is 0 Å². The van der Waals surface area contributed by atoms with Gasteiger partial charge >= 0.3 is 0 Å². The van der Waals surface area contributed by atoms with Crippen molar-refractivity contribution in [3.63, 3.8) is 0 Å². The van der Waals surface area contributed by atoms with Gasteiger partial charge in [-0.3, -0.25) is 9.69 Å². The number of piperazine rings is 1. The van der Waals surface area contributed by atoms with E-state index in [1.165, 1.54) is 5.56 Å². The van der Waals surface area contributed by atoms with E-state index in [2.05, 4.69) is 36.2 Å². The molecule has 104 valence electrons. The Morgan fingerprint density at radius 3 is 2.79 bits per heavy atom. The fourth-order valence-corrected chi connectivity index (χ4v) is 2.61. The second kappa shape index (κ2) is 5.72. The van der Waals surface area contributed by atoms with Crippen LogP contribution < -0.4 is 10.2 Å². The first-order valence-corrected chi connectivity index (χ1v) is 6.76. The lowest BCUT2D eigenvalue weighted by Gasteiger charge is -2.34. The van der Waals surface area contributed by atoms with Gasteiger partial charge in [-0.25, -0.2) is 0 Å². The van der Waals surface area contributed by atoms with Crippen molar-refractivity contribution in [1.82, 2.24) is 10.2 Å². The summed E-state index contributed by atoms with van der Waals surface area (Å²) in [4.78, 5) is 16.5. The van der Waals surface area contributed by atoms with Gasteiger partial charge in [-0.2, -0.15) is 0 Å². The van der Waals surface area contributed by atoms with Gasteiger partial charge < -0.3 is 10.2 Å². The average molecular weight is 261 g/mol. The highest BCUT2D eigenvalue weighted by atomic mass is 16.2. The van der Waals surface area contributed by atoms with Gasteiger partial charge in [0.15, 0.2) is 0 Å². The number of aryl methyl sites for hydroxylation is 2. The first-order chi connectivity index (χ1) is 9.00. The van der Waals surface area contributed by atoms with Gasteiger partial charge in [-0.05, 0) is 32.5 Å². The van der Waals surface area contributed by atoms with Crippen LogP contribution in [0.5, 0.6) is 0 Å². The zero-order chi connectivity index (χ0) is 14.0. The summed E-state index contributed by atoms with van der Waals surface area (Å²) in [6.45, 7) is 6.71. The van der Waals surface area contributed by atoms with Crippen LogP contribution in [0.2, 0.25) is 0 Å². The van der Waals surface area contributed by atoms with E-state index in [0.717, 1.165) is 30.9 Å². The minimum absolute atomic E-state index is 0.0700. The Bertz CT molecular complexity index is 472. The number of rotatable bonds is 2. The van der Waals surface area contributed by atoms with E-state index in [4.69, 9.17) is 0 Å². The normalized spacial score (nSPS) is 20.3. The number of amides is 1. The average Bonchev–Trinajstić information content (AvgIpc) is 2.38. The van der Waals surface area contributed by atoms with Crippen molar-refractivity contribution in [2.75, 3.05) is 38.6 Å². The van der Waals surface area contributed by atoms with Gasteiger partial charge in [0.25, 0.3) is 0 Å².